The molecule has 0 aliphatic rings. The molecule has 2 N–H and O–H groups in total. The van der Waals surface area contributed by atoms with E-state index in [1.807, 2.05) is 0 Å². The molecule has 0 aliphatic carbocycles. The zero-order chi connectivity index (χ0) is 10.7. The lowest BCUT2D eigenvalue weighted by atomic mass is 10.2. The Morgan fingerprint density at radius 1 is 1.21 bits per heavy atom. The number of carboxylic acid groups (broad SMARTS) is 2. The number of hydrogen-bond acceptors (Lipinski definition) is 3. The molecule has 0 amide bonds. The predicted octanol–water partition coefficient (Wildman–Crippen LogP) is 1.37. The molecule has 0 saturated heterocycles. The van der Waals surface area contributed by atoms with Crippen LogP contribution >= 0.6 is 15.9 Å². The van der Waals surface area contributed by atoms with Crippen LogP contribution in [0.2, 0.25) is 0 Å². The molecule has 0 radical (unpaired) electrons. The first-order valence-electron chi connectivity index (χ1n) is 3.58. The summed E-state index contributed by atoms with van der Waals surface area (Å²) in [5.41, 5.74) is 0.0356. The maximum Gasteiger partial charge on any atom is 0.354 e. The first-order valence-corrected chi connectivity index (χ1v) is 4.70. The van der Waals surface area contributed by atoms with Gasteiger partial charge in [0, 0.05) is 5.33 Å². The van der Waals surface area contributed by atoms with Gasteiger partial charge in [-0.3, -0.25) is 0 Å². The molecule has 5 nitrogen and oxygen atoms in total. The Hall–Kier alpha value is -1.43. The molecule has 0 bridgehead atoms. The smallest absolute Gasteiger partial charge is 0.354 e. The van der Waals surface area contributed by atoms with Crippen LogP contribution in [0.4, 0.5) is 0 Å². The molecular formula is C8H6BrNO4. The van der Waals surface area contributed by atoms with E-state index in [1.165, 1.54) is 12.1 Å². The van der Waals surface area contributed by atoms with Gasteiger partial charge < -0.3 is 10.2 Å². The first kappa shape index (κ1) is 10.6. The van der Waals surface area contributed by atoms with E-state index in [2.05, 4.69) is 20.9 Å². The van der Waals surface area contributed by atoms with E-state index in [0.717, 1.165) is 0 Å². The van der Waals surface area contributed by atoms with Crippen molar-refractivity contribution in [3.05, 3.63) is 29.1 Å². The number of carboxylic acids is 2. The Balaban J connectivity index is 3.27. The summed E-state index contributed by atoms with van der Waals surface area (Å²) in [5, 5.41) is 17.7. The van der Waals surface area contributed by atoms with E-state index in [1.54, 1.807) is 0 Å². The van der Waals surface area contributed by atoms with Crippen LogP contribution in [0.3, 0.4) is 0 Å². The second kappa shape index (κ2) is 4.19. The van der Waals surface area contributed by atoms with E-state index in [9.17, 15) is 9.59 Å². The van der Waals surface area contributed by atoms with Crippen molar-refractivity contribution in [2.24, 2.45) is 0 Å². The van der Waals surface area contributed by atoms with Crippen molar-refractivity contribution in [2.75, 3.05) is 0 Å². The molecule has 0 atom stereocenters. The number of aromatic carboxylic acids is 2. The van der Waals surface area contributed by atoms with Gasteiger partial charge >= 0.3 is 11.9 Å². The van der Waals surface area contributed by atoms with Gasteiger partial charge in [0.05, 0.1) is 0 Å². The van der Waals surface area contributed by atoms with Gasteiger partial charge in [0.2, 0.25) is 0 Å². The summed E-state index contributed by atoms with van der Waals surface area (Å²) in [6, 6.07) is 2.65. The Bertz CT molecular complexity index is 359. The molecule has 14 heavy (non-hydrogen) atoms. The van der Waals surface area contributed by atoms with Crippen molar-refractivity contribution in [2.45, 2.75) is 5.33 Å². The van der Waals surface area contributed by atoms with E-state index < -0.39 is 11.9 Å². The molecule has 1 rings (SSSR count). The van der Waals surface area contributed by atoms with Crippen molar-refractivity contribution in [3.8, 4) is 0 Å². The number of carbonyl (C=O) groups is 2. The van der Waals surface area contributed by atoms with Crippen molar-refractivity contribution >= 4 is 27.9 Å². The summed E-state index contributed by atoms with van der Waals surface area (Å²) >= 11 is 3.11. The molecule has 1 aromatic heterocycles. The van der Waals surface area contributed by atoms with Crippen molar-refractivity contribution < 1.29 is 19.8 Å². The molecule has 1 heterocycles. The number of nitrogens with zero attached hydrogens (tertiary/aromatic N) is 1. The van der Waals surface area contributed by atoms with Gasteiger partial charge in [0.25, 0.3) is 0 Å². The van der Waals surface area contributed by atoms with Crippen LogP contribution in [0.15, 0.2) is 12.1 Å². The Morgan fingerprint density at radius 3 is 1.93 bits per heavy atom. The number of aromatic nitrogens is 1. The summed E-state index contributed by atoms with van der Waals surface area (Å²) < 4.78 is 0. The number of pyridine rings is 1. The topological polar surface area (TPSA) is 87.5 Å². The van der Waals surface area contributed by atoms with Gasteiger partial charge in [-0.25, -0.2) is 14.6 Å². The molecule has 0 spiro atoms. The van der Waals surface area contributed by atoms with Crippen LogP contribution in [0.25, 0.3) is 0 Å². The fourth-order valence-corrected chi connectivity index (χ4v) is 1.21. The average Bonchev–Trinajstić information content (AvgIpc) is 2.16. The summed E-state index contributed by atoms with van der Waals surface area (Å²) in [6.07, 6.45) is 0. The monoisotopic (exact) mass is 259 g/mol. The fourth-order valence-electron chi connectivity index (χ4n) is 0.883. The van der Waals surface area contributed by atoms with E-state index in [0.29, 0.717) is 10.9 Å². The fraction of sp³-hybridized carbons (Fsp3) is 0.125. The summed E-state index contributed by atoms with van der Waals surface area (Å²) in [6.45, 7) is 0. The first-order chi connectivity index (χ1) is 6.54. The third-order valence-corrected chi connectivity index (χ3v) is 2.13. The zero-order valence-corrected chi connectivity index (χ0v) is 8.48. The Morgan fingerprint density at radius 2 is 1.64 bits per heavy atom. The van der Waals surface area contributed by atoms with E-state index in [4.69, 9.17) is 10.2 Å². The lowest BCUT2D eigenvalue weighted by Crippen LogP contribution is -2.08. The molecular weight excluding hydrogens is 254 g/mol. The average molecular weight is 260 g/mol. The lowest BCUT2D eigenvalue weighted by molar-refractivity contribution is 0.0685. The number of hydrogen-bond donors (Lipinski definition) is 2. The van der Waals surface area contributed by atoms with E-state index in [-0.39, 0.29) is 11.4 Å². The minimum absolute atomic E-state index is 0.264. The molecule has 6 heteroatoms. The molecule has 74 valence electrons. The number of rotatable bonds is 3. The molecule has 0 aliphatic heterocycles. The number of halogens is 1. The molecule has 0 saturated carbocycles. The van der Waals surface area contributed by atoms with Gasteiger partial charge in [-0.05, 0) is 17.7 Å². The van der Waals surface area contributed by atoms with Crippen LogP contribution in [0, 0.1) is 0 Å². The largest absolute Gasteiger partial charge is 0.477 e. The van der Waals surface area contributed by atoms with Gasteiger partial charge in [-0.2, -0.15) is 0 Å². The highest BCUT2D eigenvalue weighted by atomic mass is 79.9. The molecule has 0 aromatic carbocycles. The molecule has 0 fully saturated rings. The van der Waals surface area contributed by atoms with Gasteiger partial charge in [-0.15, -0.1) is 0 Å². The maximum atomic E-state index is 10.6. The third kappa shape index (κ3) is 2.29. The van der Waals surface area contributed by atoms with Crippen LogP contribution in [0.5, 0.6) is 0 Å². The Labute approximate surface area is 87.5 Å². The molecule has 0 unspecified atom stereocenters. The third-order valence-electron chi connectivity index (χ3n) is 1.48. The highest BCUT2D eigenvalue weighted by Gasteiger charge is 2.12. The van der Waals surface area contributed by atoms with Crippen LogP contribution in [0.1, 0.15) is 26.5 Å². The number of alkyl halides is 1. The minimum Gasteiger partial charge on any atom is -0.477 e. The van der Waals surface area contributed by atoms with Gasteiger partial charge in [-0.1, -0.05) is 15.9 Å². The summed E-state index contributed by atoms with van der Waals surface area (Å²) in [4.78, 5) is 24.6. The highest BCUT2D eigenvalue weighted by molar-refractivity contribution is 9.08. The SMILES string of the molecule is O=C(O)c1cc(CBr)cc(C(=O)O)n1. The van der Waals surface area contributed by atoms with E-state index >= 15 is 0 Å². The summed E-state index contributed by atoms with van der Waals surface area (Å²) in [5.74, 6) is -2.48. The molecule has 1 aromatic rings. The van der Waals surface area contributed by atoms with Crippen molar-refractivity contribution in [3.63, 3.8) is 0 Å². The maximum absolute atomic E-state index is 10.6. The van der Waals surface area contributed by atoms with Crippen molar-refractivity contribution in [1.82, 2.24) is 4.98 Å². The standard InChI is InChI=1S/C8H6BrNO4/c9-3-4-1-5(7(11)12)10-6(2-4)8(13)14/h1-2H,3H2,(H,11,12)(H,13,14). The zero-order valence-electron chi connectivity index (χ0n) is 6.90. The van der Waals surface area contributed by atoms with Crippen LogP contribution < -0.4 is 0 Å². The summed E-state index contributed by atoms with van der Waals surface area (Å²) in [7, 11) is 0. The van der Waals surface area contributed by atoms with Gasteiger partial charge in [0.15, 0.2) is 0 Å². The predicted molar refractivity (Wildman–Crippen MR) is 50.8 cm³/mol. The van der Waals surface area contributed by atoms with Crippen LogP contribution in [-0.2, 0) is 5.33 Å². The second-order valence-electron chi connectivity index (χ2n) is 2.49. The quantitative estimate of drug-likeness (QED) is 0.801. The van der Waals surface area contributed by atoms with Gasteiger partial charge in [0.1, 0.15) is 11.4 Å². The normalized spacial score (nSPS) is 9.79. The minimum atomic E-state index is -1.24. The lowest BCUT2D eigenvalue weighted by Gasteiger charge is -2.00. The second-order valence-corrected chi connectivity index (χ2v) is 3.05. The van der Waals surface area contributed by atoms with Crippen molar-refractivity contribution in [1.29, 1.82) is 0 Å². The van der Waals surface area contributed by atoms with Crippen LogP contribution in [-0.4, -0.2) is 27.1 Å². The Kier molecular flexibility index (Phi) is 3.19. The highest BCUT2D eigenvalue weighted by Crippen LogP contribution is 2.10.